The van der Waals surface area contributed by atoms with Gasteiger partial charge in [0.05, 0.1) is 6.33 Å². The quantitative estimate of drug-likeness (QED) is 0.944. The highest BCUT2D eigenvalue weighted by Gasteiger charge is 2.24. The summed E-state index contributed by atoms with van der Waals surface area (Å²) in [4.78, 5) is 6.57. The van der Waals surface area contributed by atoms with Crippen molar-refractivity contribution in [1.29, 1.82) is 0 Å². The standard InChI is InChI=1S/C16H22N4.ClH/c1-13(17)15-6-8-19(11-15)10-14-2-4-16(5-3-14)20-9-7-18-12-20;/h2-5,7,9,12-13,15H,6,8,10-11,17H2,1H3;1H. The topological polar surface area (TPSA) is 47.1 Å². The molecular weight excluding hydrogens is 284 g/mol. The van der Waals surface area contributed by atoms with Crippen LogP contribution in [0.2, 0.25) is 0 Å². The first kappa shape index (κ1) is 16.0. The molecule has 0 saturated carbocycles. The van der Waals surface area contributed by atoms with Crippen LogP contribution in [0.5, 0.6) is 0 Å². The third kappa shape index (κ3) is 3.84. The number of imidazole rings is 1. The summed E-state index contributed by atoms with van der Waals surface area (Å²) in [6, 6.07) is 9.01. The third-order valence-electron chi connectivity index (χ3n) is 4.20. The van der Waals surface area contributed by atoms with Crippen molar-refractivity contribution in [2.75, 3.05) is 13.1 Å². The zero-order valence-electron chi connectivity index (χ0n) is 12.4. The van der Waals surface area contributed by atoms with Crippen LogP contribution in [0.3, 0.4) is 0 Å². The van der Waals surface area contributed by atoms with Crippen molar-refractivity contribution in [3.63, 3.8) is 0 Å². The number of hydrogen-bond acceptors (Lipinski definition) is 3. The first-order valence-corrected chi connectivity index (χ1v) is 7.27. The molecule has 4 nitrogen and oxygen atoms in total. The van der Waals surface area contributed by atoms with E-state index < -0.39 is 0 Å². The Bertz CT molecular complexity index is 536. The molecule has 1 aliphatic heterocycles. The molecule has 2 N–H and O–H groups in total. The summed E-state index contributed by atoms with van der Waals surface area (Å²) in [7, 11) is 0. The minimum atomic E-state index is 0. The average molecular weight is 307 g/mol. The zero-order valence-corrected chi connectivity index (χ0v) is 13.2. The van der Waals surface area contributed by atoms with Crippen LogP contribution in [-0.2, 0) is 6.54 Å². The van der Waals surface area contributed by atoms with Gasteiger partial charge in [0.1, 0.15) is 0 Å². The van der Waals surface area contributed by atoms with Gasteiger partial charge in [0.2, 0.25) is 0 Å². The fourth-order valence-corrected chi connectivity index (χ4v) is 2.88. The van der Waals surface area contributed by atoms with Gasteiger partial charge in [0.15, 0.2) is 0 Å². The highest BCUT2D eigenvalue weighted by Crippen LogP contribution is 2.21. The Morgan fingerprint density at radius 1 is 1.33 bits per heavy atom. The van der Waals surface area contributed by atoms with E-state index >= 15 is 0 Å². The van der Waals surface area contributed by atoms with Crippen molar-refractivity contribution in [3.05, 3.63) is 48.5 Å². The fraction of sp³-hybridized carbons (Fsp3) is 0.438. The number of nitrogens with zero attached hydrogens (tertiary/aromatic N) is 3. The second-order valence-corrected chi connectivity index (χ2v) is 5.78. The van der Waals surface area contributed by atoms with E-state index in [4.69, 9.17) is 5.73 Å². The van der Waals surface area contributed by atoms with E-state index in [-0.39, 0.29) is 12.4 Å². The van der Waals surface area contributed by atoms with Gasteiger partial charge in [0, 0.05) is 37.2 Å². The average Bonchev–Trinajstić information content (AvgIpc) is 3.10. The highest BCUT2D eigenvalue weighted by molar-refractivity contribution is 5.85. The fourth-order valence-electron chi connectivity index (χ4n) is 2.88. The Morgan fingerprint density at radius 2 is 2.10 bits per heavy atom. The molecule has 1 aliphatic rings. The summed E-state index contributed by atoms with van der Waals surface area (Å²) in [5.41, 5.74) is 8.51. The third-order valence-corrected chi connectivity index (χ3v) is 4.20. The van der Waals surface area contributed by atoms with Gasteiger partial charge in [-0.05, 0) is 43.5 Å². The first-order valence-electron chi connectivity index (χ1n) is 7.27. The molecule has 1 aromatic heterocycles. The number of hydrogen-bond donors (Lipinski definition) is 1. The van der Waals surface area contributed by atoms with Crippen LogP contribution in [0.4, 0.5) is 0 Å². The molecule has 0 radical (unpaired) electrons. The van der Waals surface area contributed by atoms with Crippen LogP contribution in [0.15, 0.2) is 43.0 Å². The number of aromatic nitrogens is 2. The molecule has 2 unspecified atom stereocenters. The second-order valence-electron chi connectivity index (χ2n) is 5.78. The van der Waals surface area contributed by atoms with Gasteiger partial charge in [-0.25, -0.2) is 4.98 Å². The van der Waals surface area contributed by atoms with Crippen molar-refractivity contribution < 1.29 is 0 Å². The lowest BCUT2D eigenvalue weighted by molar-refractivity contribution is 0.308. The van der Waals surface area contributed by atoms with Gasteiger partial charge in [-0.3, -0.25) is 4.90 Å². The maximum atomic E-state index is 5.99. The molecule has 1 aromatic carbocycles. The largest absolute Gasteiger partial charge is 0.328 e. The van der Waals surface area contributed by atoms with Crippen LogP contribution in [0.25, 0.3) is 5.69 Å². The van der Waals surface area contributed by atoms with Crippen molar-refractivity contribution >= 4 is 12.4 Å². The summed E-state index contributed by atoms with van der Waals surface area (Å²) in [6.07, 6.45) is 6.81. The number of halogens is 1. The summed E-state index contributed by atoms with van der Waals surface area (Å²) in [5.74, 6) is 0.653. The molecular formula is C16H23ClN4. The molecule has 21 heavy (non-hydrogen) atoms. The smallest absolute Gasteiger partial charge is 0.0991 e. The van der Waals surface area contributed by atoms with Crippen molar-refractivity contribution in [2.24, 2.45) is 11.7 Å². The van der Waals surface area contributed by atoms with E-state index in [0.29, 0.717) is 12.0 Å². The Morgan fingerprint density at radius 3 is 2.67 bits per heavy atom. The molecule has 0 aliphatic carbocycles. The van der Waals surface area contributed by atoms with Crippen LogP contribution in [-0.4, -0.2) is 33.6 Å². The Labute approximate surface area is 132 Å². The zero-order chi connectivity index (χ0) is 13.9. The number of nitrogens with two attached hydrogens (primary N) is 1. The second kappa shape index (κ2) is 7.07. The molecule has 0 spiro atoms. The maximum Gasteiger partial charge on any atom is 0.0991 e. The van der Waals surface area contributed by atoms with E-state index in [1.165, 1.54) is 12.0 Å². The SMILES string of the molecule is CC(N)C1CCN(Cc2ccc(-n3ccnc3)cc2)C1.Cl. The minimum absolute atomic E-state index is 0. The van der Waals surface area contributed by atoms with E-state index in [1.54, 1.807) is 6.20 Å². The van der Waals surface area contributed by atoms with Gasteiger partial charge >= 0.3 is 0 Å². The minimum Gasteiger partial charge on any atom is -0.328 e. The summed E-state index contributed by atoms with van der Waals surface area (Å²) in [5, 5.41) is 0. The Balaban J connectivity index is 0.00000161. The van der Waals surface area contributed by atoms with E-state index in [9.17, 15) is 0 Å². The molecule has 2 aromatic rings. The van der Waals surface area contributed by atoms with Crippen molar-refractivity contribution in [2.45, 2.75) is 25.9 Å². The Kier molecular flexibility index (Phi) is 5.39. The van der Waals surface area contributed by atoms with Gasteiger partial charge in [0.25, 0.3) is 0 Å². The monoisotopic (exact) mass is 306 g/mol. The molecule has 0 amide bonds. The lowest BCUT2D eigenvalue weighted by Gasteiger charge is -2.18. The first-order chi connectivity index (χ1) is 9.72. The summed E-state index contributed by atoms with van der Waals surface area (Å²) >= 11 is 0. The lowest BCUT2D eigenvalue weighted by atomic mass is 10.0. The molecule has 0 bridgehead atoms. The normalized spacial score (nSPS) is 20.2. The number of rotatable bonds is 4. The van der Waals surface area contributed by atoms with Crippen LogP contribution in [0.1, 0.15) is 18.9 Å². The van der Waals surface area contributed by atoms with Crippen LogP contribution in [0, 0.1) is 5.92 Å². The van der Waals surface area contributed by atoms with Crippen LogP contribution < -0.4 is 5.73 Å². The van der Waals surface area contributed by atoms with Crippen molar-refractivity contribution in [3.8, 4) is 5.69 Å². The maximum absolute atomic E-state index is 5.99. The molecule has 114 valence electrons. The van der Waals surface area contributed by atoms with Crippen molar-refractivity contribution in [1.82, 2.24) is 14.5 Å². The van der Waals surface area contributed by atoms with Gasteiger partial charge in [-0.15, -0.1) is 12.4 Å². The highest BCUT2D eigenvalue weighted by atomic mass is 35.5. The van der Waals surface area contributed by atoms with Gasteiger partial charge in [-0.2, -0.15) is 0 Å². The summed E-state index contributed by atoms with van der Waals surface area (Å²) < 4.78 is 2.02. The molecule has 3 rings (SSSR count). The number of likely N-dealkylation sites (tertiary alicyclic amines) is 1. The number of benzene rings is 1. The molecule has 1 saturated heterocycles. The lowest BCUT2D eigenvalue weighted by Crippen LogP contribution is -2.29. The van der Waals surface area contributed by atoms with Crippen LogP contribution >= 0.6 is 12.4 Å². The summed E-state index contributed by atoms with van der Waals surface area (Å²) in [6.45, 7) is 5.43. The van der Waals surface area contributed by atoms with E-state index in [1.807, 2.05) is 17.1 Å². The predicted octanol–water partition coefficient (Wildman–Crippen LogP) is 2.46. The molecule has 2 atom stereocenters. The molecule has 1 fully saturated rings. The molecule has 2 heterocycles. The predicted molar refractivity (Wildman–Crippen MR) is 87.8 cm³/mol. The Hall–Kier alpha value is -1.36. The van der Waals surface area contributed by atoms with Gasteiger partial charge < -0.3 is 10.3 Å². The molecule has 5 heteroatoms. The van der Waals surface area contributed by atoms with Gasteiger partial charge in [-0.1, -0.05) is 12.1 Å². The van der Waals surface area contributed by atoms with E-state index in [0.717, 1.165) is 25.3 Å². The van der Waals surface area contributed by atoms with E-state index in [2.05, 4.69) is 41.1 Å².